The van der Waals surface area contributed by atoms with Crippen molar-refractivity contribution in [3.8, 4) is 79.7 Å². The van der Waals surface area contributed by atoms with Crippen LogP contribution in [0.2, 0.25) is 0 Å². The lowest BCUT2D eigenvalue weighted by Gasteiger charge is -2.13. The highest BCUT2D eigenvalue weighted by atomic mass is 32.1. The lowest BCUT2D eigenvalue weighted by molar-refractivity contribution is 0.329. The van der Waals surface area contributed by atoms with Gasteiger partial charge in [0.2, 0.25) is 17.2 Å². The summed E-state index contributed by atoms with van der Waals surface area (Å²) in [6.45, 7) is 0. The Morgan fingerprint density at radius 3 is 1.80 bits per heavy atom. The van der Waals surface area contributed by atoms with Crippen LogP contribution in [-0.2, 0) is 0 Å². The Morgan fingerprint density at radius 1 is 0.418 bits per heavy atom. The van der Waals surface area contributed by atoms with Crippen molar-refractivity contribution in [2.75, 3.05) is 0 Å². The van der Waals surface area contributed by atoms with E-state index in [-0.39, 0.29) is 17.5 Å². The minimum atomic E-state index is -1.07. The van der Waals surface area contributed by atoms with Crippen molar-refractivity contribution < 1.29 is 25.5 Å². The van der Waals surface area contributed by atoms with Gasteiger partial charge in [-0.05, 0) is 53.6 Å². The number of thiophene rings is 1. The van der Waals surface area contributed by atoms with Crippen molar-refractivity contribution >= 4 is 53.3 Å². The van der Waals surface area contributed by atoms with Crippen LogP contribution in [-0.4, -0.2) is 45.1 Å². The minimum Gasteiger partial charge on any atom is -0.504 e. The van der Waals surface area contributed by atoms with Gasteiger partial charge in [-0.1, -0.05) is 97.1 Å². The molecule has 10 rings (SSSR count). The summed E-state index contributed by atoms with van der Waals surface area (Å²) in [5, 5.41) is 56.9. The molecule has 0 unspecified atom stereocenters. The maximum Gasteiger partial charge on any atom is 0.208 e. The summed E-state index contributed by atoms with van der Waals surface area (Å²) in [5.74, 6) is -4.63. The number of nitrogens with zero attached hydrogens (tertiary/aromatic N) is 4. The van der Waals surface area contributed by atoms with Crippen LogP contribution in [0.15, 0.2) is 140 Å². The smallest absolute Gasteiger partial charge is 0.208 e. The summed E-state index contributed by atoms with van der Waals surface area (Å²) in [4.78, 5) is 14.0. The second kappa shape index (κ2) is 12.3. The zero-order chi connectivity index (χ0) is 37.4. The Balaban J connectivity index is 1.17. The van der Waals surface area contributed by atoms with E-state index in [1.54, 1.807) is 11.3 Å². The van der Waals surface area contributed by atoms with Gasteiger partial charge in [-0.3, -0.25) is 0 Å². The SMILES string of the molecule is Oc1c(O)c(O)c(-c2nc(-c3ccccc3)nc(-c3cccc4c3sc3ccc(-n5c6ccccc6c6cc(-c7ccccc7)ccc65)cc34)n2)c(O)c1O. The van der Waals surface area contributed by atoms with Crippen molar-refractivity contribution in [3.05, 3.63) is 140 Å². The van der Waals surface area contributed by atoms with Crippen molar-refractivity contribution in [2.24, 2.45) is 0 Å². The van der Waals surface area contributed by atoms with Gasteiger partial charge in [-0.15, -0.1) is 11.3 Å². The monoisotopic (exact) mass is 736 g/mol. The van der Waals surface area contributed by atoms with Gasteiger partial charge in [0, 0.05) is 47.8 Å². The third-order valence-corrected chi connectivity index (χ3v) is 11.2. The van der Waals surface area contributed by atoms with Gasteiger partial charge in [-0.2, -0.15) is 0 Å². The molecule has 0 bridgehead atoms. The van der Waals surface area contributed by atoms with Crippen LogP contribution < -0.4 is 0 Å². The Morgan fingerprint density at radius 2 is 1.04 bits per heavy atom. The summed E-state index contributed by atoms with van der Waals surface area (Å²) in [5.41, 5.74) is 6.40. The maximum atomic E-state index is 10.8. The zero-order valence-corrected chi connectivity index (χ0v) is 29.5. The Bertz CT molecular complexity index is 3130. The van der Waals surface area contributed by atoms with Gasteiger partial charge < -0.3 is 30.1 Å². The first-order chi connectivity index (χ1) is 26.9. The lowest BCUT2D eigenvalue weighted by Crippen LogP contribution is -2.01. The molecule has 264 valence electrons. The highest BCUT2D eigenvalue weighted by molar-refractivity contribution is 7.26. The first-order valence-electron chi connectivity index (χ1n) is 17.4. The fraction of sp³-hybridized carbons (Fsp3) is 0. The van der Waals surface area contributed by atoms with Gasteiger partial charge in [0.1, 0.15) is 5.56 Å². The first kappa shape index (κ1) is 32.2. The second-order valence-corrected chi connectivity index (χ2v) is 14.3. The summed E-state index contributed by atoms with van der Waals surface area (Å²) < 4.78 is 4.27. The molecule has 0 atom stereocenters. The van der Waals surface area contributed by atoms with Gasteiger partial charge >= 0.3 is 0 Å². The molecular weight excluding hydrogens is 709 g/mol. The van der Waals surface area contributed by atoms with Crippen LogP contribution in [0.25, 0.3) is 93.0 Å². The number of rotatable bonds is 5. The standard InChI is InChI=1S/C45H28N4O5S/c50-37-36(38(51)40(53)41(54)39(37)52)45-47-43(25-12-5-2-6-13-25)46-44(48-45)30-16-9-15-29-32-23-27(19-21-35(32)55-42(29)30)49-33-17-8-7-14-28(33)31-22-26(18-20-34(31)49)24-10-3-1-4-11-24/h1-23,50-54H. The number of hydrogen-bond donors (Lipinski definition) is 5. The fourth-order valence-electron chi connectivity index (χ4n) is 7.38. The van der Waals surface area contributed by atoms with Crippen LogP contribution in [0.1, 0.15) is 0 Å². The molecule has 0 spiro atoms. The molecule has 0 radical (unpaired) electrons. The average molecular weight is 737 g/mol. The molecule has 7 aromatic carbocycles. The first-order valence-corrected chi connectivity index (χ1v) is 18.2. The number of para-hydroxylation sites is 1. The number of aromatic nitrogens is 4. The molecule has 55 heavy (non-hydrogen) atoms. The summed E-state index contributed by atoms with van der Waals surface area (Å²) >= 11 is 1.59. The van der Waals surface area contributed by atoms with Crippen molar-refractivity contribution in [1.29, 1.82) is 0 Å². The topological polar surface area (TPSA) is 145 Å². The second-order valence-electron chi connectivity index (χ2n) is 13.2. The largest absolute Gasteiger partial charge is 0.504 e. The summed E-state index contributed by atoms with van der Waals surface area (Å²) in [6.07, 6.45) is 0. The molecule has 9 nitrogen and oxygen atoms in total. The number of benzene rings is 7. The Kier molecular flexibility index (Phi) is 7.23. The number of hydrogen-bond acceptors (Lipinski definition) is 9. The quantitative estimate of drug-likeness (QED) is 0.0867. The minimum absolute atomic E-state index is 0.216. The van der Waals surface area contributed by atoms with E-state index in [0.717, 1.165) is 48.0 Å². The summed E-state index contributed by atoms with van der Waals surface area (Å²) in [6, 6.07) is 47.0. The molecule has 0 aliphatic heterocycles. The highest BCUT2D eigenvalue weighted by Gasteiger charge is 2.28. The average Bonchev–Trinajstić information content (AvgIpc) is 3.78. The highest BCUT2D eigenvalue weighted by Crippen LogP contribution is 2.54. The normalized spacial score (nSPS) is 11.6. The van der Waals surface area contributed by atoms with Crippen LogP contribution in [0.4, 0.5) is 0 Å². The summed E-state index contributed by atoms with van der Waals surface area (Å²) in [7, 11) is 0. The van der Waals surface area contributed by atoms with E-state index in [4.69, 9.17) is 4.98 Å². The van der Waals surface area contributed by atoms with Gasteiger partial charge in [0.05, 0.1) is 11.0 Å². The number of phenolic OH excluding ortho intramolecular Hbond substituents is 5. The molecule has 3 aromatic heterocycles. The third-order valence-electron chi connectivity index (χ3n) is 10.0. The van der Waals surface area contributed by atoms with Gasteiger partial charge in [0.25, 0.3) is 0 Å². The molecule has 10 heteroatoms. The van der Waals surface area contributed by atoms with Crippen LogP contribution in [0, 0.1) is 0 Å². The molecule has 5 N–H and O–H groups in total. The predicted octanol–water partition coefficient (Wildman–Crippen LogP) is 10.5. The number of fused-ring (bicyclic) bond motifs is 6. The number of phenols is 5. The molecular formula is C45H28N4O5S. The van der Waals surface area contributed by atoms with Gasteiger partial charge in [-0.25, -0.2) is 15.0 Å². The Labute approximate surface area is 316 Å². The van der Waals surface area contributed by atoms with E-state index in [1.165, 1.54) is 10.8 Å². The molecule has 0 fully saturated rings. The molecule has 3 heterocycles. The van der Waals surface area contributed by atoms with E-state index in [1.807, 2.05) is 48.5 Å². The zero-order valence-electron chi connectivity index (χ0n) is 28.7. The predicted molar refractivity (Wildman–Crippen MR) is 217 cm³/mol. The van der Waals surface area contributed by atoms with Crippen molar-refractivity contribution in [2.45, 2.75) is 0 Å². The number of aromatic hydroxyl groups is 5. The molecule has 0 amide bonds. The lowest BCUT2D eigenvalue weighted by atomic mass is 10.0. The van der Waals surface area contributed by atoms with E-state index in [9.17, 15) is 25.5 Å². The molecule has 0 saturated carbocycles. The molecule has 0 aliphatic carbocycles. The fourth-order valence-corrected chi connectivity index (χ4v) is 8.58. The molecule has 10 aromatic rings. The van der Waals surface area contributed by atoms with Crippen LogP contribution in [0.5, 0.6) is 28.7 Å². The van der Waals surface area contributed by atoms with E-state index in [2.05, 4.69) is 106 Å². The van der Waals surface area contributed by atoms with E-state index < -0.39 is 34.3 Å². The Hall–Kier alpha value is -7.43. The van der Waals surface area contributed by atoms with Gasteiger partial charge in [0.15, 0.2) is 29.0 Å². The van der Waals surface area contributed by atoms with E-state index in [0.29, 0.717) is 11.1 Å². The molecule has 0 saturated heterocycles. The van der Waals surface area contributed by atoms with Crippen molar-refractivity contribution in [1.82, 2.24) is 19.5 Å². The van der Waals surface area contributed by atoms with Crippen molar-refractivity contribution in [3.63, 3.8) is 0 Å². The maximum absolute atomic E-state index is 10.8. The third kappa shape index (κ3) is 5.03. The van der Waals surface area contributed by atoms with Crippen LogP contribution >= 0.6 is 11.3 Å². The van der Waals surface area contributed by atoms with Crippen LogP contribution in [0.3, 0.4) is 0 Å². The van der Waals surface area contributed by atoms with E-state index >= 15 is 0 Å². The molecule has 0 aliphatic rings.